The minimum absolute atomic E-state index is 0.169. The van der Waals surface area contributed by atoms with Crippen molar-refractivity contribution in [1.29, 1.82) is 0 Å². The number of hydrogen-bond donors (Lipinski definition) is 3. The van der Waals surface area contributed by atoms with Gasteiger partial charge in [-0.3, -0.25) is 9.59 Å². The van der Waals surface area contributed by atoms with Crippen molar-refractivity contribution in [3.8, 4) is 0 Å². The average molecular weight is 345 g/mol. The van der Waals surface area contributed by atoms with Crippen LogP contribution in [-0.2, 0) is 17.8 Å². The Morgan fingerprint density at radius 1 is 1.28 bits per heavy atom. The highest BCUT2D eigenvalue weighted by Crippen LogP contribution is 2.15. The van der Waals surface area contributed by atoms with Crippen LogP contribution in [0.2, 0.25) is 0 Å². The first-order chi connectivity index (χ1) is 11.9. The van der Waals surface area contributed by atoms with Crippen LogP contribution in [0.25, 0.3) is 0 Å². The van der Waals surface area contributed by atoms with E-state index < -0.39 is 0 Å². The number of anilines is 1. The van der Waals surface area contributed by atoms with E-state index in [0.717, 1.165) is 5.56 Å². The Morgan fingerprint density at radius 3 is 2.64 bits per heavy atom. The molecule has 1 heterocycles. The highest BCUT2D eigenvalue weighted by Gasteiger charge is 2.12. The molecule has 134 valence electrons. The number of nitrogens with one attached hydrogen (secondary N) is 2. The third-order valence-corrected chi connectivity index (χ3v) is 3.42. The Kier molecular flexibility index (Phi) is 6.24. The van der Waals surface area contributed by atoms with Crippen molar-refractivity contribution in [2.75, 3.05) is 11.9 Å². The molecule has 4 N–H and O–H groups in total. The number of rotatable bonds is 7. The maximum absolute atomic E-state index is 12.3. The largest absolute Gasteiger partial charge is 0.352 e. The number of nitrogens with zero attached hydrogens (tertiary/aromatic N) is 2. The van der Waals surface area contributed by atoms with Gasteiger partial charge in [-0.05, 0) is 23.8 Å². The first-order valence-electron chi connectivity index (χ1n) is 8.11. The molecule has 0 aliphatic carbocycles. The molecule has 0 radical (unpaired) electrons. The maximum Gasteiger partial charge on any atom is 0.251 e. The highest BCUT2D eigenvalue weighted by atomic mass is 16.5. The lowest BCUT2D eigenvalue weighted by Gasteiger charge is -2.09. The van der Waals surface area contributed by atoms with Gasteiger partial charge in [-0.2, -0.15) is 4.98 Å². The van der Waals surface area contributed by atoms with E-state index in [-0.39, 0.29) is 24.3 Å². The maximum atomic E-state index is 12.3. The molecule has 0 spiro atoms. The van der Waals surface area contributed by atoms with E-state index in [4.69, 9.17) is 10.3 Å². The van der Waals surface area contributed by atoms with Crippen LogP contribution in [0, 0.1) is 0 Å². The number of nitrogens with two attached hydrogens (primary N) is 1. The summed E-state index contributed by atoms with van der Waals surface area (Å²) in [7, 11) is 0. The second kappa shape index (κ2) is 8.39. The van der Waals surface area contributed by atoms with Crippen LogP contribution in [0.15, 0.2) is 22.7 Å². The number of benzene rings is 1. The normalized spacial score (nSPS) is 10.8. The number of amides is 2. The van der Waals surface area contributed by atoms with Gasteiger partial charge in [-0.1, -0.05) is 19.0 Å². The Morgan fingerprint density at radius 2 is 2.04 bits per heavy atom. The van der Waals surface area contributed by atoms with Crippen LogP contribution < -0.4 is 16.4 Å². The Labute approximate surface area is 146 Å². The standard InChI is InChI=1S/C17H23N5O3/c1-10(2)17-21-15(22-25-17)4-5-19-16(24)13-6-12(9-18)7-14(8-13)20-11(3)23/h6-8,10H,4-5,9,18H2,1-3H3,(H,19,24)(H,20,23). The zero-order valence-electron chi connectivity index (χ0n) is 14.6. The molecule has 2 amide bonds. The molecular weight excluding hydrogens is 322 g/mol. The lowest BCUT2D eigenvalue weighted by Crippen LogP contribution is -2.26. The van der Waals surface area contributed by atoms with E-state index in [9.17, 15) is 9.59 Å². The van der Waals surface area contributed by atoms with Gasteiger partial charge < -0.3 is 20.9 Å². The predicted molar refractivity (Wildman–Crippen MR) is 93.1 cm³/mol. The molecule has 0 saturated carbocycles. The van der Waals surface area contributed by atoms with Gasteiger partial charge >= 0.3 is 0 Å². The molecule has 0 aliphatic heterocycles. The molecule has 1 aromatic heterocycles. The van der Waals surface area contributed by atoms with Gasteiger partial charge in [0, 0.05) is 43.6 Å². The smallest absolute Gasteiger partial charge is 0.251 e. The van der Waals surface area contributed by atoms with E-state index in [0.29, 0.717) is 35.9 Å². The summed E-state index contributed by atoms with van der Waals surface area (Å²) in [4.78, 5) is 27.8. The molecule has 0 unspecified atom stereocenters. The summed E-state index contributed by atoms with van der Waals surface area (Å²) < 4.78 is 5.12. The van der Waals surface area contributed by atoms with E-state index in [1.807, 2.05) is 13.8 Å². The Bertz CT molecular complexity index is 754. The molecule has 0 saturated heterocycles. The van der Waals surface area contributed by atoms with Crippen LogP contribution in [0.3, 0.4) is 0 Å². The summed E-state index contributed by atoms with van der Waals surface area (Å²) in [5.41, 5.74) is 7.39. The Hall–Kier alpha value is -2.74. The Balaban J connectivity index is 1.98. The van der Waals surface area contributed by atoms with Crippen molar-refractivity contribution in [3.63, 3.8) is 0 Å². The third-order valence-electron chi connectivity index (χ3n) is 3.42. The quantitative estimate of drug-likeness (QED) is 0.700. The van der Waals surface area contributed by atoms with Crippen molar-refractivity contribution in [2.24, 2.45) is 5.73 Å². The number of aromatic nitrogens is 2. The zero-order valence-corrected chi connectivity index (χ0v) is 14.6. The fourth-order valence-electron chi connectivity index (χ4n) is 2.21. The molecule has 0 bridgehead atoms. The summed E-state index contributed by atoms with van der Waals surface area (Å²) in [6, 6.07) is 5.05. The number of carbonyl (C=O) groups is 2. The van der Waals surface area contributed by atoms with Crippen molar-refractivity contribution < 1.29 is 14.1 Å². The van der Waals surface area contributed by atoms with Gasteiger partial charge in [0.2, 0.25) is 11.8 Å². The molecule has 2 rings (SSSR count). The average Bonchev–Trinajstić information content (AvgIpc) is 3.03. The van der Waals surface area contributed by atoms with E-state index >= 15 is 0 Å². The molecule has 1 aromatic carbocycles. The molecule has 25 heavy (non-hydrogen) atoms. The zero-order chi connectivity index (χ0) is 18.4. The van der Waals surface area contributed by atoms with E-state index in [1.165, 1.54) is 6.92 Å². The molecule has 8 nitrogen and oxygen atoms in total. The molecule has 0 atom stereocenters. The van der Waals surface area contributed by atoms with Gasteiger partial charge in [-0.15, -0.1) is 0 Å². The molecule has 0 aliphatic rings. The van der Waals surface area contributed by atoms with Crippen LogP contribution >= 0.6 is 0 Å². The topological polar surface area (TPSA) is 123 Å². The second-order valence-electron chi connectivity index (χ2n) is 6.01. The van der Waals surface area contributed by atoms with Crippen LogP contribution in [0.1, 0.15) is 54.3 Å². The van der Waals surface area contributed by atoms with Gasteiger partial charge in [0.05, 0.1) is 0 Å². The van der Waals surface area contributed by atoms with Gasteiger partial charge in [-0.25, -0.2) is 0 Å². The lowest BCUT2D eigenvalue weighted by molar-refractivity contribution is -0.114. The summed E-state index contributed by atoms with van der Waals surface area (Å²) in [6.07, 6.45) is 0.469. The number of hydrogen-bond acceptors (Lipinski definition) is 6. The first-order valence-corrected chi connectivity index (χ1v) is 8.11. The predicted octanol–water partition coefficient (Wildman–Crippen LogP) is 1.58. The first kappa shape index (κ1) is 18.6. The van der Waals surface area contributed by atoms with Crippen LogP contribution in [0.4, 0.5) is 5.69 Å². The summed E-state index contributed by atoms with van der Waals surface area (Å²) in [5, 5.41) is 9.35. The summed E-state index contributed by atoms with van der Waals surface area (Å²) in [6.45, 7) is 5.99. The monoisotopic (exact) mass is 345 g/mol. The van der Waals surface area contributed by atoms with Crippen LogP contribution in [0.5, 0.6) is 0 Å². The van der Waals surface area contributed by atoms with E-state index in [2.05, 4.69) is 20.8 Å². The van der Waals surface area contributed by atoms with Gasteiger partial charge in [0.1, 0.15) is 0 Å². The van der Waals surface area contributed by atoms with Crippen molar-refractivity contribution in [3.05, 3.63) is 41.0 Å². The molecule has 0 fully saturated rings. The van der Waals surface area contributed by atoms with Crippen molar-refractivity contribution >= 4 is 17.5 Å². The van der Waals surface area contributed by atoms with Gasteiger partial charge in [0.25, 0.3) is 5.91 Å². The third kappa shape index (κ3) is 5.39. The van der Waals surface area contributed by atoms with Crippen molar-refractivity contribution in [2.45, 2.75) is 39.7 Å². The van der Waals surface area contributed by atoms with Gasteiger partial charge in [0.15, 0.2) is 5.82 Å². The van der Waals surface area contributed by atoms with Crippen molar-refractivity contribution in [1.82, 2.24) is 15.5 Å². The number of carbonyl (C=O) groups excluding carboxylic acids is 2. The fourth-order valence-corrected chi connectivity index (χ4v) is 2.21. The van der Waals surface area contributed by atoms with E-state index in [1.54, 1.807) is 18.2 Å². The summed E-state index contributed by atoms with van der Waals surface area (Å²) >= 11 is 0. The fraction of sp³-hybridized carbons (Fsp3) is 0.412. The minimum Gasteiger partial charge on any atom is -0.352 e. The molecule has 2 aromatic rings. The SMILES string of the molecule is CC(=O)Nc1cc(CN)cc(C(=O)NCCc2noc(C(C)C)n2)c1. The second-order valence-corrected chi connectivity index (χ2v) is 6.01. The minimum atomic E-state index is -0.255. The highest BCUT2D eigenvalue weighted by molar-refractivity contribution is 5.97. The van der Waals surface area contributed by atoms with Crippen LogP contribution in [-0.4, -0.2) is 28.5 Å². The molecular formula is C17H23N5O3. The lowest BCUT2D eigenvalue weighted by atomic mass is 10.1. The summed E-state index contributed by atoms with van der Waals surface area (Å²) in [5.74, 6) is 0.839. The molecule has 8 heteroatoms.